The lowest BCUT2D eigenvalue weighted by molar-refractivity contribution is 0.324. The van der Waals surface area contributed by atoms with Gasteiger partial charge in [0.15, 0.2) is 0 Å². The summed E-state index contributed by atoms with van der Waals surface area (Å²) in [5.41, 5.74) is 0. The summed E-state index contributed by atoms with van der Waals surface area (Å²) in [6, 6.07) is 0.836. The molecule has 1 rings (SSSR count). The molecule has 2 nitrogen and oxygen atoms in total. The molecule has 16 heavy (non-hydrogen) atoms. The Labute approximate surface area is 106 Å². The second-order valence-corrected chi connectivity index (χ2v) is 5.80. The van der Waals surface area contributed by atoms with Gasteiger partial charge in [0.05, 0.1) is 0 Å². The highest BCUT2D eigenvalue weighted by Gasteiger charge is 2.12. The third-order valence-electron chi connectivity index (χ3n) is 3.45. The van der Waals surface area contributed by atoms with E-state index in [2.05, 4.69) is 35.8 Å². The summed E-state index contributed by atoms with van der Waals surface area (Å²) in [4.78, 5) is 2.51. The van der Waals surface area contributed by atoms with Gasteiger partial charge in [-0.3, -0.25) is 0 Å². The van der Waals surface area contributed by atoms with Gasteiger partial charge in [0.25, 0.3) is 0 Å². The minimum absolute atomic E-state index is 0.836. The predicted octanol–water partition coefficient (Wildman–Crippen LogP) is 2.59. The number of hydrogen-bond donors (Lipinski definition) is 1. The molecule has 1 fully saturated rings. The summed E-state index contributed by atoms with van der Waals surface area (Å²) in [5.74, 6) is 2.65. The van der Waals surface area contributed by atoms with Crippen molar-refractivity contribution in [2.75, 3.05) is 37.7 Å². The zero-order chi connectivity index (χ0) is 11.6. The molecular formula is C13H28N2S. The van der Waals surface area contributed by atoms with Crippen molar-refractivity contribution in [3.63, 3.8) is 0 Å². The zero-order valence-corrected chi connectivity index (χ0v) is 11.8. The average Bonchev–Trinajstić information content (AvgIpc) is 2.81. The lowest BCUT2D eigenvalue weighted by Gasteiger charge is -2.17. The molecule has 1 saturated heterocycles. The van der Waals surface area contributed by atoms with Crippen molar-refractivity contribution in [3.05, 3.63) is 0 Å². The molecule has 0 saturated carbocycles. The second kappa shape index (κ2) is 9.32. The summed E-state index contributed by atoms with van der Waals surface area (Å²) in [6.07, 6.45) is 5.57. The summed E-state index contributed by atoms with van der Waals surface area (Å²) in [5, 5.41) is 3.57. The molecule has 0 amide bonds. The maximum absolute atomic E-state index is 3.57. The van der Waals surface area contributed by atoms with Crippen LogP contribution in [0.3, 0.4) is 0 Å². The largest absolute Gasteiger partial charge is 0.314 e. The van der Waals surface area contributed by atoms with Crippen LogP contribution in [-0.2, 0) is 0 Å². The molecule has 0 aromatic heterocycles. The molecule has 0 radical (unpaired) electrons. The highest BCUT2D eigenvalue weighted by atomic mass is 32.2. The molecule has 1 N–H and O–H groups in total. The van der Waals surface area contributed by atoms with Crippen LogP contribution in [0.15, 0.2) is 0 Å². The summed E-state index contributed by atoms with van der Waals surface area (Å²) in [6.45, 7) is 9.41. The fraction of sp³-hybridized carbons (Fsp3) is 1.00. The van der Waals surface area contributed by atoms with E-state index in [4.69, 9.17) is 0 Å². The molecule has 0 aromatic rings. The Morgan fingerprint density at radius 2 is 2.06 bits per heavy atom. The first kappa shape index (κ1) is 14.3. The van der Waals surface area contributed by atoms with E-state index in [1.807, 2.05) is 0 Å². The minimum Gasteiger partial charge on any atom is -0.314 e. The van der Waals surface area contributed by atoms with Gasteiger partial charge in [-0.05, 0) is 51.1 Å². The zero-order valence-electron chi connectivity index (χ0n) is 11.0. The standard InChI is InChI=1S/C13H28N2S/c1-3-15(4-2)10-12-16-11-6-8-13-7-5-9-14-13/h13-14H,3-12H2,1-2H3. The van der Waals surface area contributed by atoms with Crippen LogP contribution in [0, 0.1) is 0 Å². The van der Waals surface area contributed by atoms with Gasteiger partial charge in [0, 0.05) is 18.3 Å². The van der Waals surface area contributed by atoms with Gasteiger partial charge in [-0.1, -0.05) is 13.8 Å². The monoisotopic (exact) mass is 244 g/mol. The van der Waals surface area contributed by atoms with Crippen LogP contribution in [0.4, 0.5) is 0 Å². The maximum Gasteiger partial charge on any atom is 0.00721 e. The lowest BCUT2D eigenvalue weighted by Crippen LogP contribution is -2.25. The van der Waals surface area contributed by atoms with E-state index in [1.54, 1.807) is 0 Å². The Hall–Kier alpha value is 0.270. The van der Waals surface area contributed by atoms with Crippen molar-refractivity contribution in [3.8, 4) is 0 Å². The van der Waals surface area contributed by atoms with Gasteiger partial charge >= 0.3 is 0 Å². The summed E-state index contributed by atoms with van der Waals surface area (Å²) < 4.78 is 0. The van der Waals surface area contributed by atoms with Crippen LogP contribution in [0.5, 0.6) is 0 Å². The van der Waals surface area contributed by atoms with Crippen LogP contribution in [0.25, 0.3) is 0 Å². The SMILES string of the molecule is CCN(CC)CCSCCCC1CCCN1. The number of nitrogens with zero attached hydrogens (tertiary/aromatic N) is 1. The van der Waals surface area contributed by atoms with Crippen LogP contribution in [0.2, 0.25) is 0 Å². The van der Waals surface area contributed by atoms with Crippen molar-refractivity contribution >= 4 is 11.8 Å². The topological polar surface area (TPSA) is 15.3 Å². The average molecular weight is 244 g/mol. The fourth-order valence-corrected chi connectivity index (χ4v) is 3.23. The molecule has 0 aromatic carbocycles. The van der Waals surface area contributed by atoms with Gasteiger partial charge in [0.1, 0.15) is 0 Å². The maximum atomic E-state index is 3.57. The van der Waals surface area contributed by atoms with Crippen LogP contribution >= 0.6 is 11.8 Å². The number of hydrogen-bond acceptors (Lipinski definition) is 3. The highest BCUT2D eigenvalue weighted by Crippen LogP contribution is 2.13. The second-order valence-electron chi connectivity index (χ2n) is 4.57. The van der Waals surface area contributed by atoms with E-state index in [9.17, 15) is 0 Å². The first-order valence-electron chi connectivity index (χ1n) is 6.90. The van der Waals surface area contributed by atoms with Gasteiger partial charge in [-0.15, -0.1) is 0 Å². The number of rotatable bonds is 9. The molecule has 96 valence electrons. The number of nitrogens with one attached hydrogen (secondary N) is 1. The molecule has 1 aliphatic heterocycles. The van der Waals surface area contributed by atoms with E-state index in [1.165, 1.54) is 63.4 Å². The molecule has 1 unspecified atom stereocenters. The third kappa shape index (κ3) is 6.12. The van der Waals surface area contributed by atoms with Crippen molar-refractivity contribution in [2.45, 2.75) is 45.6 Å². The summed E-state index contributed by atoms with van der Waals surface area (Å²) in [7, 11) is 0. The van der Waals surface area contributed by atoms with Gasteiger partial charge in [-0.25, -0.2) is 0 Å². The normalized spacial score (nSPS) is 20.8. The Morgan fingerprint density at radius 1 is 1.25 bits per heavy atom. The Bertz CT molecular complexity index is 148. The number of thioether (sulfide) groups is 1. The van der Waals surface area contributed by atoms with E-state index >= 15 is 0 Å². The molecule has 1 aliphatic rings. The molecule has 0 aliphatic carbocycles. The quantitative estimate of drug-likeness (QED) is 0.628. The molecular weight excluding hydrogens is 216 g/mol. The third-order valence-corrected chi connectivity index (χ3v) is 4.50. The van der Waals surface area contributed by atoms with E-state index in [-0.39, 0.29) is 0 Å². The Morgan fingerprint density at radius 3 is 2.69 bits per heavy atom. The predicted molar refractivity (Wildman–Crippen MR) is 75.4 cm³/mol. The smallest absolute Gasteiger partial charge is 0.00721 e. The summed E-state index contributed by atoms with van der Waals surface area (Å²) >= 11 is 2.13. The fourth-order valence-electron chi connectivity index (χ4n) is 2.27. The minimum atomic E-state index is 0.836. The first-order chi connectivity index (χ1) is 7.86. The Balaban J connectivity index is 1.84. The van der Waals surface area contributed by atoms with Crippen molar-refractivity contribution in [1.29, 1.82) is 0 Å². The van der Waals surface area contributed by atoms with Gasteiger partial charge in [-0.2, -0.15) is 11.8 Å². The first-order valence-corrected chi connectivity index (χ1v) is 8.05. The van der Waals surface area contributed by atoms with Crippen molar-refractivity contribution in [1.82, 2.24) is 10.2 Å². The van der Waals surface area contributed by atoms with Gasteiger partial charge in [0.2, 0.25) is 0 Å². The molecule has 0 bridgehead atoms. The lowest BCUT2D eigenvalue weighted by atomic mass is 10.1. The highest BCUT2D eigenvalue weighted by molar-refractivity contribution is 7.99. The van der Waals surface area contributed by atoms with Crippen LogP contribution in [0.1, 0.15) is 39.5 Å². The Kier molecular flexibility index (Phi) is 8.34. The van der Waals surface area contributed by atoms with E-state index in [0.29, 0.717) is 0 Å². The molecule has 1 atom stereocenters. The van der Waals surface area contributed by atoms with E-state index in [0.717, 1.165) is 6.04 Å². The van der Waals surface area contributed by atoms with E-state index < -0.39 is 0 Å². The van der Waals surface area contributed by atoms with Crippen molar-refractivity contribution < 1.29 is 0 Å². The van der Waals surface area contributed by atoms with Crippen LogP contribution < -0.4 is 5.32 Å². The van der Waals surface area contributed by atoms with Crippen molar-refractivity contribution in [2.24, 2.45) is 0 Å². The molecule has 1 heterocycles. The molecule has 0 spiro atoms. The van der Waals surface area contributed by atoms with Gasteiger partial charge < -0.3 is 10.2 Å². The van der Waals surface area contributed by atoms with Crippen LogP contribution in [-0.4, -0.2) is 48.6 Å². The molecule has 3 heteroatoms.